The summed E-state index contributed by atoms with van der Waals surface area (Å²) in [5.74, 6) is 0. The highest BCUT2D eigenvalue weighted by molar-refractivity contribution is 5.88. The summed E-state index contributed by atoms with van der Waals surface area (Å²) in [6.07, 6.45) is 6.62. The number of hydrogen-bond acceptors (Lipinski definition) is 1. The van der Waals surface area contributed by atoms with E-state index in [9.17, 15) is 0 Å². The second kappa shape index (κ2) is 14.0. The highest BCUT2D eigenvalue weighted by atomic mass is 15.1. The zero-order chi connectivity index (χ0) is 35.7. The van der Waals surface area contributed by atoms with E-state index < -0.39 is 0 Å². The van der Waals surface area contributed by atoms with Gasteiger partial charge in [0.1, 0.15) is 0 Å². The Morgan fingerprint density at radius 2 is 1.00 bits per heavy atom. The van der Waals surface area contributed by atoms with E-state index in [1.807, 2.05) is 0 Å². The molecular weight excluding hydrogens is 627 g/mol. The maximum absolute atomic E-state index is 2.46. The number of nitrogens with zero attached hydrogens (tertiary/aromatic N) is 1. The Labute approximate surface area is 309 Å². The van der Waals surface area contributed by atoms with Crippen molar-refractivity contribution in [3.05, 3.63) is 197 Å². The largest absolute Gasteiger partial charge is 0.310 e. The molecule has 0 amide bonds. The first-order chi connectivity index (χ1) is 25.5. The van der Waals surface area contributed by atoms with Gasteiger partial charge in [-0.25, -0.2) is 0 Å². The van der Waals surface area contributed by atoms with Crippen LogP contribution in [0.15, 0.2) is 164 Å². The summed E-state index contributed by atoms with van der Waals surface area (Å²) in [6, 6.07) is 60.0. The number of benzene rings is 7. The summed E-state index contributed by atoms with van der Waals surface area (Å²) in [4.78, 5) is 2.38. The van der Waals surface area contributed by atoms with Crippen molar-refractivity contribution in [3.8, 4) is 33.4 Å². The molecular formula is C51H45N. The third-order valence-electron chi connectivity index (χ3n) is 11.1. The average molecular weight is 672 g/mol. The Bertz CT molecular complexity index is 2320. The van der Waals surface area contributed by atoms with Crippen molar-refractivity contribution >= 4 is 29.2 Å². The molecule has 254 valence electrons. The summed E-state index contributed by atoms with van der Waals surface area (Å²) in [5.41, 5.74) is 19.2. The van der Waals surface area contributed by atoms with E-state index in [0.717, 1.165) is 24.2 Å². The van der Waals surface area contributed by atoms with E-state index in [1.165, 1.54) is 72.4 Å². The van der Waals surface area contributed by atoms with E-state index in [4.69, 9.17) is 0 Å². The fourth-order valence-corrected chi connectivity index (χ4v) is 8.51. The van der Waals surface area contributed by atoms with Crippen LogP contribution < -0.4 is 4.90 Å². The first-order valence-electron chi connectivity index (χ1n) is 18.6. The van der Waals surface area contributed by atoms with Crippen molar-refractivity contribution in [2.75, 3.05) is 4.90 Å². The molecule has 0 saturated carbocycles. The second-order valence-corrected chi connectivity index (χ2v) is 14.2. The number of rotatable bonds is 9. The van der Waals surface area contributed by atoms with Gasteiger partial charge in [-0.15, -0.1) is 0 Å². The highest BCUT2D eigenvalue weighted by Gasteiger charge is 2.41. The van der Waals surface area contributed by atoms with Gasteiger partial charge in [-0.05, 0) is 124 Å². The van der Waals surface area contributed by atoms with Gasteiger partial charge in [-0.3, -0.25) is 0 Å². The molecule has 1 aliphatic rings. The highest BCUT2D eigenvalue weighted by Crippen LogP contribution is 2.54. The van der Waals surface area contributed by atoms with E-state index >= 15 is 0 Å². The van der Waals surface area contributed by atoms with Crippen LogP contribution in [0.4, 0.5) is 17.1 Å². The molecule has 1 nitrogen and oxygen atoms in total. The standard InChI is InChI=1S/C51H45N/c1-5-51(6-2)48-34-39(23-22-38-24-27-41(28-25-38)50-37(4)32-36(3)33-47(50)40-16-10-7-11-17-40)26-30-45(48)46-31-29-44(35-49(46)51)52(42-18-12-8-13-19-42)43-20-14-9-15-21-43/h7-35H,5-6H2,1-4H3/b23-22+. The molecule has 1 aliphatic carbocycles. The van der Waals surface area contributed by atoms with Crippen molar-refractivity contribution in [1.82, 2.24) is 0 Å². The first-order valence-corrected chi connectivity index (χ1v) is 18.6. The van der Waals surface area contributed by atoms with E-state index in [0.29, 0.717) is 0 Å². The van der Waals surface area contributed by atoms with Crippen LogP contribution in [0, 0.1) is 13.8 Å². The lowest BCUT2D eigenvalue weighted by Gasteiger charge is -2.32. The summed E-state index contributed by atoms with van der Waals surface area (Å²) in [5, 5.41) is 0. The molecule has 7 aromatic rings. The Balaban J connectivity index is 1.11. The quantitative estimate of drug-likeness (QED) is 0.138. The lowest BCUT2D eigenvalue weighted by molar-refractivity contribution is 0.490. The number of aryl methyl sites for hydroxylation is 2. The predicted molar refractivity (Wildman–Crippen MR) is 224 cm³/mol. The lowest BCUT2D eigenvalue weighted by Crippen LogP contribution is -2.23. The molecule has 1 heteroatoms. The van der Waals surface area contributed by atoms with Gasteiger partial charge in [0.2, 0.25) is 0 Å². The summed E-state index contributed by atoms with van der Waals surface area (Å²) in [7, 11) is 0. The number of hydrogen-bond donors (Lipinski definition) is 0. The van der Waals surface area contributed by atoms with Gasteiger partial charge < -0.3 is 4.90 Å². The van der Waals surface area contributed by atoms with Crippen LogP contribution in [-0.4, -0.2) is 0 Å². The molecule has 0 bridgehead atoms. The van der Waals surface area contributed by atoms with Crippen molar-refractivity contribution in [2.45, 2.75) is 46.0 Å². The minimum absolute atomic E-state index is 0.0480. The van der Waals surface area contributed by atoms with Crippen LogP contribution in [0.25, 0.3) is 45.5 Å². The molecule has 0 fully saturated rings. The summed E-state index contributed by atoms with van der Waals surface area (Å²) < 4.78 is 0. The SMILES string of the molecule is CCC1(CC)c2cc(/C=C/c3ccc(-c4c(C)cc(C)cc4-c4ccccc4)cc3)ccc2-c2ccc(N(c3ccccc3)c3ccccc3)cc21. The maximum atomic E-state index is 2.46. The van der Waals surface area contributed by atoms with Crippen molar-refractivity contribution in [3.63, 3.8) is 0 Å². The summed E-state index contributed by atoms with van der Waals surface area (Å²) in [6.45, 7) is 9.11. The monoisotopic (exact) mass is 671 g/mol. The van der Waals surface area contributed by atoms with Crippen LogP contribution >= 0.6 is 0 Å². The Hall–Kier alpha value is -5.92. The molecule has 0 unspecified atom stereocenters. The smallest absolute Gasteiger partial charge is 0.0465 e. The lowest BCUT2D eigenvalue weighted by atomic mass is 9.73. The van der Waals surface area contributed by atoms with Gasteiger partial charge in [0.15, 0.2) is 0 Å². The van der Waals surface area contributed by atoms with Gasteiger partial charge in [-0.1, -0.05) is 159 Å². The van der Waals surface area contributed by atoms with Crippen LogP contribution in [0.2, 0.25) is 0 Å². The average Bonchev–Trinajstić information content (AvgIpc) is 3.47. The fourth-order valence-electron chi connectivity index (χ4n) is 8.51. The molecule has 0 spiro atoms. The topological polar surface area (TPSA) is 3.24 Å². The van der Waals surface area contributed by atoms with Crippen LogP contribution in [0.3, 0.4) is 0 Å². The third-order valence-corrected chi connectivity index (χ3v) is 11.1. The van der Waals surface area contributed by atoms with Crippen LogP contribution in [-0.2, 0) is 5.41 Å². The summed E-state index contributed by atoms with van der Waals surface area (Å²) >= 11 is 0. The van der Waals surface area contributed by atoms with Crippen LogP contribution in [0.5, 0.6) is 0 Å². The van der Waals surface area contributed by atoms with Gasteiger partial charge in [0.25, 0.3) is 0 Å². The third kappa shape index (κ3) is 5.97. The molecule has 0 heterocycles. The van der Waals surface area contributed by atoms with Gasteiger partial charge in [-0.2, -0.15) is 0 Å². The molecule has 52 heavy (non-hydrogen) atoms. The first kappa shape index (κ1) is 33.2. The van der Waals surface area contributed by atoms with E-state index in [-0.39, 0.29) is 5.41 Å². The Morgan fingerprint density at radius 3 is 1.62 bits per heavy atom. The molecule has 0 saturated heterocycles. The molecule has 0 radical (unpaired) electrons. The predicted octanol–water partition coefficient (Wildman–Crippen LogP) is 14.4. The molecule has 0 aromatic heterocycles. The number of anilines is 3. The van der Waals surface area contributed by atoms with E-state index in [1.54, 1.807) is 0 Å². The van der Waals surface area contributed by atoms with Crippen molar-refractivity contribution in [2.24, 2.45) is 0 Å². The van der Waals surface area contributed by atoms with E-state index in [2.05, 4.69) is 209 Å². The fraction of sp³-hybridized carbons (Fsp3) is 0.137. The second-order valence-electron chi connectivity index (χ2n) is 14.2. The normalized spacial score (nSPS) is 12.8. The molecule has 0 atom stereocenters. The van der Waals surface area contributed by atoms with Crippen molar-refractivity contribution in [1.29, 1.82) is 0 Å². The molecule has 0 aliphatic heterocycles. The van der Waals surface area contributed by atoms with Crippen molar-refractivity contribution < 1.29 is 0 Å². The minimum Gasteiger partial charge on any atom is -0.310 e. The Kier molecular flexibility index (Phi) is 8.95. The molecule has 7 aromatic carbocycles. The molecule has 0 N–H and O–H groups in total. The minimum atomic E-state index is -0.0480. The van der Waals surface area contributed by atoms with Gasteiger partial charge in [0.05, 0.1) is 0 Å². The number of para-hydroxylation sites is 2. The van der Waals surface area contributed by atoms with Crippen LogP contribution in [0.1, 0.15) is 60.1 Å². The molecule has 8 rings (SSSR count). The maximum Gasteiger partial charge on any atom is 0.0465 e. The van der Waals surface area contributed by atoms with Gasteiger partial charge in [0, 0.05) is 22.5 Å². The Morgan fingerprint density at radius 1 is 0.462 bits per heavy atom. The van der Waals surface area contributed by atoms with Gasteiger partial charge >= 0.3 is 0 Å². The number of fused-ring (bicyclic) bond motifs is 3. The zero-order valence-corrected chi connectivity index (χ0v) is 30.6. The zero-order valence-electron chi connectivity index (χ0n) is 30.6.